The van der Waals surface area contributed by atoms with Crippen LogP contribution in [0.25, 0.3) is 0 Å². The van der Waals surface area contributed by atoms with E-state index < -0.39 is 5.97 Å². The number of nitrogens with zero attached hydrogens (tertiary/aromatic N) is 2. The van der Waals surface area contributed by atoms with Gasteiger partial charge in [-0.1, -0.05) is 0 Å². The minimum Gasteiger partial charge on any atom is -0.463 e. The lowest BCUT2D eigenvalue weighted by molar-refractivity contribution is 0.0587. The Labute approximate surface area is 80.9 Å². The van der Waals surface area contributed by atoms with Crippen molar-refractivity contribution < 1.29 is 14.6 Å². The molecule has 1 aromatic rings. The lowest BCUT2D eigenvalue weighted by Gasteiger charge is -2.03. The quantitative estimate of drug-likeness (QED) is 0.643. The zero-order valence-corrected chi connectivity index (χ0v) is 7.73. The molecule has 0 saturated carbocycles. The van der Waals surface area contributed by atoms with E-state index in [1.165, 1.54) is 13.3 Å². The second-order valence-electron chi connectivity index (χ2n) is 2.41. The third-order valence-electron chi connectivity index (χ3n) is 1.44. The molecule has 0 bridgehead atoms. The summed E-state index contributed by atoms with van der Waals surface area (Å²) in [7, 11) is 1.26. The standard InChI is InChI=1S/C8H11N3O3/c1-14-8(13)7-10-3-2-6(11-7)9-4-5-12/h2-3,12H,4-5H2,1H3,(H,9,10,11). The van der Waals surface area contributed by atoms with Gasteiger partial charge >= 0.3 is 5.97 Å². The molecule has 0 radical (unpaired) electrons. The van der Waals surface area contributed by atoms with E-state index in [0.717, 1.165) is 0 Å². The van der Waals surface area contributed by atoms with E-state index in [-0.39, 0.29) is 12.4 Å². The van der Waals surface area contributed by atoms with Crippen LogP contribution >= 0.6 is 0 Å². The van der Waals surface area contributed by atoms with Crippen molar-refractivity contribution in [1.29, 1.82) is 0 Å². The number of rotatable bonds is 4. The molecule has 0 aromatic carbocycles. The minimum absolute atomic E-state index is 0.00242. The summed E-state index contributed by atoms with van der Waals surface area (Å²) in [6.45, 7) is 0.370. The fourth-order valence-corrected chi connectivity index (χ4v) is 0.831. The van der Waals surface area contributed by atoms with Gasteiger partial charge in [-0.3, -0.25) is 0 Å². The maximum Gasteiger partial charge on any atom is 0.376 e. The van der Waals surface area contributed by atoms with Crippen LogP contribution in [0.2, 0.25) is 0 Å². The number of aliphatic hydroxyl groups excluding tert-OH is 1. The molecule has 0 spiro atoms. The van der Waals surface area contributed by atoms with Gasteiger partial charge in [0.25, 0.3) is 0 Å². The normalized spacial score (nSPS) is 9.57. The number of methoxy groups -OCH3 is 1. The molecular weight excluding hydrogens is 186 g/mol. The Hall–Kier alpha value is -1.69. The molecule has 76 valence electrons. The van der Waals surface area contributed by atoms with Crippen LogP contribution in [0.5, 0.6) is 0 Å². The van der Waals surface area contributed by atoms with Gasteiger partial charge in [0.1, 0.15) is 5.82 Å². The molecule has 0 aliphatic heterocycles. The Morgan fingerprint density at radius 2 is 2.50 bits per heavy atom. The summed E-state index contributed by atoms with van der Waals surface area (Å²) in [6.07, 6.45) is 1.44. The summed E-state index contributed by atoms with van der Waals surface area (Å²) in [5.74, 6) is -0.109. The van der Waals surface area contributed by atoms with Gasteiger partial charge in [0.05, 0.1) is 13.7 Å². The maximum absolute atomic E-state index is 11.0. The van der Waals surface area contributed by atoms with E-state index in [2.05, 4.69) is 20.0 Å². The molecule has 0 fully saturated rings. The van der Waals surface area contributed by atoms with Crippen LogP contribution in [0.4, 0.5) is 5.82 Å². The molecule has 1 heterocycles. The van der Waals surface area contributed by atoms with Gasteiger partial charge in [-0.25, -0.2) is 14.8 Å². The fourth-order valence-electron chi connectivity index (χ4n) is 0.831. The van der Waals surface area contributed by atoms with Crippen LogP contribution < -0.4 is 5.32 Å². The van der Waals surface area contributed by atoms with E-state index in [1.54, 1.807) is 6.07 Å². The first-order chi connectivity index (χ1) is 6.77. The molecule has 0 aliphatic carbocycles. The SMILES string of the molecule is COC(=O)c1nccc(NCCO)n1. The van der Waals surface area contributed by atoms with Crippen molar-refractivity contribution in [2.24, 2.45) is 0 Å². The van der Waals surface area contributed by atoms with Gasteiger partial charge in [-0.15, -0.1) is 0 Å². The highest BCUT2D eigenvalue weighted by atomic mass is 16.5. The van der Waals surface area contributed by atoms with Crippen molar-refractivity contribution in [2.45, 2.75) is 0 Å². The number of carbonyl (C=O) groups excluding carboxylic acids is 1. The van der Waals surface area contributed by atoms with E-state index >= 15 is 0 Å². The summed E-state index contributed by atoms with van der Waals surface area (Å²) in [5.41, 5.74) is 0. The second-order valence-corrected chi connectivity index (χ2v) is 2.41. The van der Waals surface area contributed by atoms with Crippen molar-refractivity contribution in [1.82, 2.24) is 9.97 Å². The summed E-state index contributed by atoms with van der Waals surface area (Å²) in [6, 6.07) is 1.60. The van der Waals surface area contributed by atoms with E-state index in [4.69, 9.17) is 5.11 Å². The van der Waals surface area contributed by atoms with Crippen molar-refractivity contribution in [3.05, 3.63) is 18.1 Å². The maximum atomic E-state index is 11.0. The van der Waals surface area contributed by atoms with E-state index in [9.17, 15) is 4.79 Å². The van der Waals surface area contributed by atoms with Gasteiger partial charge in [0, 0.05) is 12.7 Å². The number of anilines is 1. The predicted molar refractivity (Wildman–Crippen MR) is 48.9 cm³/mol. The first-order valence-electron chi connectivity index (χ1n) is 4.04. The largest absolute Gasteiger partial charge is 0.463 e. The number of nitrogens with one attached hydrogen (secondary N) is 1. The van der Waals surface area contributed by atoms with Crippen molar-refractivity contribution in [3.8, 4) is 0 Å². The van der Waals surface area contributed by atoms with Gasteiger partial charge in [-0.2, -0.15) is 0 Å². The molecule has 1 aromatic heterocycles. The Morgan fingerprint density at radius 3 is 3.14 bits per heavy atom. The third-order valence-corrected chi connectivity index (χ3v) is 1.44. The second kappa shape index (κ2) is 5.13. The van der Waals surface area contributed by atoms with E-state index in [1.807, 2.05) is 0 Å². The smallest absolute Gasteiger partial charge is 0.376 e. The Morgan fingerprint density at radius 1 is 1.71 bits per heavy atom. The van der Waals surface area contributed by atoms with Gasteiger partial charge < -0.3 is 15.2 Å². The summed E-state index contributed by atoms with van der Waals surface area (Å²) in [4.78, 5) is 18.6. The highest BCUT2D eigenvalue weighted by Gasteiger charge is 2.08. The topological polar surface area (TPSA) is 84.3 Å². The van der Waals surface area contributed by atoms with Crippen LogP contribution in [-0.2, 0) is 4.74 Å². The fraction of sp³-hybridized carbons (Fsp3) is 0.375. The number of esters is 1. The average Bonchev–Trinajstić information content (AvgIpc) is 2.25. The third kappa shape index (κ3) is 2.67. The lowest BCUT2D eigenvalue weighted by Crippen LogP contribution is -2.11. The van der Waals surface area contributed by atoms with Crippen molar-refractivity contribution >= 4 is 11.8 Å². The lowest BCUT2D eigenvalue weighted by atomic mass is 10.5. The van der Waals surface area contributed by atoms with Crippen LogP contribution in [-0.4, -0.2) is 41.3 Å². The summed E-state index contributed by atoms with van der Waals surface area (Å²) < 4.78 is 4.45. The van der Waals surface area contributed by atoms with Gasteiger partial charge in [0.2, 0.25) is 5.82 Å². The average molecular weight is 197 g/mol. The first kappa shape index (κ1) is 10.4. The molecule has 0 atom stereocenters. The minimum atomic E-state index is -0.586. The van der Waals surface area contributed by atoms with E-state index in [0.29, 0.717) is 12.4 Å². The monoisotopic (exact) mass is 197 g/mol. The molecule has 6 nitrogen and oxygen atoms in total. The van der Waals surface area contributed by atoms with Gasteiger partial charge in [-0.05, 0) is 6.07 Å². The van der Waals surface area contributed by atoms with Crippen LogP contribution in [0.1, 0.15) is 10.6 Å². The number of aliphatic hydroxyl groups is 1. The zero-order valence-electron chi connectivity index (χ0n) is 7.73. The van der Waals surface area contributed by atoms with Crippen molar-refractivity contribution in [3.63, 3.8) is 0 Å². The number of ether oxygens (including phenoxy) is 1. The molecule has 0 aliphatic rings. The number of hydrogen-bond donors (Lipinski definition) is 2. The van der Waals surface area contributed by atoms with Crippen molar-refractivity contribution in [2.75, 3.05) is 25.6 Å². The number of carbonyl (C=O) groups is 1. The first-order valence-corrected chi connectivity index (χ1v) is 4.04. The molecule has 14 heavy (non-hydrogen) atoms. The molecule has 0 saturated heterocycles. The highest BCUT2D eigenvalue weighted by molar-refractivity contribution is 5.85. The van der Waals surface area contributed by atoms with Crippen LogP contribution in [0, 0.1) is 0 Å². The zero-order chi connectivity index (χ0) is 10.4. The molecule has 2 N–H and O–H groups in total. The molecule has 1 rings (SSSR count). The number of hydrogen-bond acceptors (Lipinski definition) is 6. The molecule has 0 unspecified atom stereocenters. The van der Waals surface area contributed by atoms with Crippen LogP contribution in [0.3, 0.4) is 0 Å². The summed E-state index contributed by atoms with van der Waals surface area (Å²) in [5, 5.41) is 11.4. The molecule has 6 heteroatoms. The Balaban J connectivity index is 2.73. The van der Waals surface area contributed by atoms with Crippen LogP contribution in [0.15, 0.2) is 12.3 Å². The highest BCUT2D eigenvalue weighted by Crippen LogP contribution is 2.01. The van der Waals surface area contributed by atoms with Gasteiger partial charge in [0.15, 0.2) is 0 Å². The Bertz CT molecular complexity index is 316. The predicted octanol–water partition coefficient (Wildman–Crippen LogP) is -0.333. The molecule has 0 amide bonds. The molecular formula is C8H11N3O3. The Kier molecular flexibility index (Phi) is 3.81. The summed E-state index contributed by atoms with van der Waals surface area (Å²) >= 11 is 0. The number of aromatic nitrogens is 2.